The van der Waals surface area contributed by atoms with Crippen LogP contribution >= 0.6 is 23.4 Å². The van der Waals surface area contributed by atoms with Gasteiger partial charge in [-0.05, 0) is 42.5 Å². The summed E-state index contributed by atoms with van der Waals surface area (Å²) in [5.74, 6) is 0.0476. The van der Waals surface area contributed by atoms with E-state index in [0.29, 0.717) is 21.6 Å². The van der Waals surface area contributed by atoms with Crippen molar-refractivity contribution in [2.75, 3.05) is 5.75 Å². The van der Waals surface area contributed by atoms with Gasteiger partial charge in [-0.2, -0.15) is 0 Å². The molecule has 0 aliphatic carbocycles. The number of benzene rings is 2. The van der Waals surface area contributed by atoms with Crippen molar-refractivity contribution in [3.05, 3.63) is 53.1 Å². The van der Waals surface area contributed by atoms with E-state index in [1.165, 1.54) is 30.0 Å². The maximum atomic E-state index is 12.2. The molecule has 0 aliphatic rings. The topological polar surface area (TPSA) is 88.2 Å². The number of Topliss-reactive ketones (excluding diaryl/α,β-unsaturated/α-hetero) is 1. The maximum absolute atomic E-state index is 12.2. The van der Waals surface area contributed by atoms with E-state index in [-0.39, 0.29) is 23.0 Å². The lowest BCUT2D eigenvalue weighted by molar-refractivity contribution is 0.102. The lowest BCUT2D eigenvalue weighted by Gasteiger charge is -2.05. The maximum Gasteiger partial charge on any atom is 0.191 e. The summed E-state index contributed by atoms with van der Waals surface area (Å²) in [4.78, 5) is 12.2. The van der Waals surface area contributed by atoms with Gasteiger partial charge >= 0.3 is 0 Å². The Morgan fingerprint density at radius 1 is 1.12 bits per heavy atom. The van der Waals surface area contributed by atoms with Crippen molar-refractivity contribution >= 4 is 29.1 Å². The zero-order valence-corrected chi connectivity index (χ0v) is 14.8. The third-order valence-electron chi connectivity index (χ3n) is 3.57. The van der Waals surface area contributed by atoms with Crippen molar-refractivity contribution in [1.29, 1.82) is 0 Å². The summed E-state index contributed by atoms with van der Waals surface area (Å²) in [7, 11) is 1.82. The van der Waals surface area contributed by atoms with Gasteiger partial charge in [0.15, 0.2) is 28.3 Å². The van der Waals surface area contributed by atoms with Crippen LogP contribution in [0.2, 0.25) is 5.02 Å². The van der Waals surface area contributed by atoms with Crippen LogP contribution in [0.4, 0.5) is 0 Å². The lowest BCUT2D eigenvalue weighted by atomic mass is 10.1. The molecular formula is C17H14ClN3O3S. The van der Waals surface area contributed by atoms with Crippen LogP contribution in [0.5, 0.6) is 11.5 Å². The minimum absolute atomic E-state index is 0.136. The van der Waals surface area contributed by atoms with Gasteiger partial charge in [-0.1, -0.05) is 23.4 Å². The number of hydrogen-bond donors (Lipinski definition) is 2. The van der Waals surface area contributed by atoms with Gasteiger partial charge in [0.25, 0.3) is 0 Å². The Bertz CT molecular complexity index is 925. The molecule has 25 heavy (non-hydrogen) atoms. The summed E-state index contributed by atoms with van der Waals surface area (Å²) in [5, 5.41) is 28.3. The number of aromatic hydroxyl groups is 2. The highest BCUT2D eigenvalue weighted by Gasteiger charge is 2.14. The average molecular weight is 376 g/mol. The van der Waals surface area contributed by atoms with Crippen molar-refractivity contribution < 1.29 is 15.0 Å². The van der Waals surface area contributed by atoms with Crippen LogP contribution in [-0.4, -0.2) is 36.5 Å². The third-order valence-corrected chi connectivity index (χ3v) is 4.84. The lowest BCUT2D eigenvalue weighted by Crippen LogP contribution is -2.03. The molecular weight excluding hydrogens is 362 g/mol. The zero-order valence-electron chi connectivity index (χ0n) is 13.2. The van der Waals surface area contributed by atoms with Gasteiger partial charge < -0.3 is 14.8 Å². The normalized spacial score (nSPS) is 10.8. The third kappa shape index (κ3) is 3.78. The number of phenols is 2. The number of ketones is 1. The molecule has 0 spiro atoms. The summed E-state index contributed by atoms with van der Waals surface area (Å²) < 4.78 is 1.80. The summed E-state index contributed by atoms with van der Waals surface area (Å²) in [5.41, 5.74) is 1.20. The van der Waals surface area contributed by atoms with E-state index in [4.69, 9.17) is 11.6 Å². The predicted molar refractivity (Wildman–Crippen MR) is 96.3 cm³/mol. The van der Waals surface area contributed by atoms with Crippen LogP contribution < -0.4 is 0 Å². The second kappa shape index (κ2) is 7.16. The molecule has 0 radical (unpaired) electrons. The van der Waals surface area contributed by atoms with Crippen molar-refractivity contribution in [3.8, 4) is 22.9 Å². The molecule has 0 atom stereocenters. The van der Waals surface area contributed by atoms with Gasteiger partial charge in [0, 0.05) is 23.2 Å². The highest BCUT2D eigenvalue weighted by Crippen LogP contribution is 2.27. The van der Waals surface area contributed by atoms with Crippen molar-refractivity contribution in [1.82, 2.24) is 14.8 Å². The second-order valence-electron chi connectivity index (χ2n) is 5.29. The van der Waals surface area contributed by atoms with E-state index >= 15 is 0 Å². The molecule has 0 aliphatic heterocycles. The van der Waals surface area contributed by atoms with Gasteiger partial charge in [0.05, 0.1) is 5.75 Å². The Labute approximate surface area is 153 Å². The van der Waals surface area contributed by atoms with Gasteiger partial charge in [0.1, 0.15) is 0 Å². The van der Waals surface area contributed by atoms with E-state index in [2.05, 4.69) is 10.2 Å². The molecule has 3 aromatic rings. The highest BCUT2D eigenvalue weighted by atomic mass is 35.5. The van der Waals surface area contributed by atoms with Gasteiger partial charge in [-0.3, -0.25) is 4.79 Å². The fourth-order valence-corrected chi connectivity index (χ4v) is 3.13. The number of aromatic nitrogens is 3. The molecule has 0 fully saturated rings. The molecule has 1 aromatic heterocycles. The first-order valence-electron chi connectivity index (χ1n) is 7.29. The molecule has 6 nitrogen and oxygen atoms in total. The number of halogens is 1. The quantitative estimate of drug-likeness (QED) is 0.403. The van der Waals surface area contributed by atoms with Crippen LogP contribution in [0, 0.1) is 0 Å². The Hall–Kier alpha value is -2.51. The van der Waals surface area contributed by atoms with Crippen molar-refractivity contribution in [3.63, 3.8) is 0 Å². The van der Waals surface area contributed by atoms with E-state index in [1.807, 2.05) is 19.2 Å². The Kier molecular flexibility index (Phi) is 4.96. The Balaban J connectivity index is 1.72. The van der Waals surface area contributed by atoms with Gasteiger partial charge in [-0.25, -0.2) is 0 Å². The van der Waals surface area contributed by atoms with Crippen LogP contribution in [0.15, 0.2) is 47.6 Å². The molecule has 3 rings (SSSR count). The fraction of sp³-hybridized carbons (Fsp3) is 0.118. The molecule has 2 aromatic carbocycles. The molecule has 8 heteroatoms. The molecule has 0 unspecified atom stereocenters. The monoisotopic (exact) mass is 375 g/mol. The minimum Gasteiger partial charge on any atom is -0.504 e. The first kappa shape index (κ1) is 17.3. The minimum atomic E-state index is -0.320. The molecule has 0 amide bonds. The predicted octanol–water partition coefficient (Wildman–Crippen LogP) is 3.52. The van der Waals surface area contributed by atoms with Crippen LogP contribution in [0.3, 0.4) is 0 Å². The van der Waals surface area contributed by atoms with Crippen LogP contribution in [-0.2, 0) is 7.05 Å². The average Bonchev–Trinajstić information content (AvgIpc) is 2.96. The largest absolute Gasteiger partial charge is 0.504 e. The first-order valence-corrected chi connectivity index (χ1v) is 8.65. The van der Waals surface area contributed by atoms with E-state index in [1.54, 1.807) is 16.7 Å². The molecule has 0 saturated carbocycles. The molecule has 2 N–H and O–H groups in total. The standard InChI is InChI=1S/C17H14ClN3O3S/c1-21-16(10-2-5-12(18)6-3-10)19-20-17(21)25-9-15(24)11-4-7-13(22)14(23)8-11/h2-8,22-23H,9H2,1H3. The second-order valence-corrected chi connectivity index (χ2v) is 6.67. The van der Waals surface area contributed by atoms with Crippen molar-refractivity contribution in [2.45, 2.75) is 5.16 Å². The Morgan fingerprint density at radius 2 is 1.84 bits per heavy atom. The molecule has 0 saturated heterocycles. The first-order chi connectivity index (χ1) is 12.0. The Morgan fingerprint density at radius 3 is 2.52 bits per heavy atom. The number of carbonyl (C=O) groups is 1. The van der Waals surface area contributed by atoms with Crippen molar-refractivity contribution in [2.24, 2.45) is 7.05 Å². The molecule has 1 heterocycles. The van der Waals surface area contributed by atoms with E-state index in [9.17, 15) is 15.0 Å². The summed E-state index contributed by atoms with van der Waals surface area (Å²) in [6, 6.07) is 11.3. The zero-order chi connectivity index (χ0) is 18.0. The SMILES string of the molecule is Cn1c(SCC(=O)c2ccc(O)c(O)c2)nnc1-c1ccc(Cl)cc1. The number of hydrogen-bond acceptors (Lipinski definition) is 6. The van der Waals surface area contributed by atoms with Gasteiger partial charge in [-0.15, -0.1) is 10.2 Å². The van der Waals surface area contributed by atoms with E-state index in [0.717, 1.165) is 5.56 Å². The highest BCUT2D eigenvalue weighted by molar-refractivity contribution is 7.99. The van der Waals surface area contributed by atoms with Crippen LogP contribution in [0.25, 0.3) is 11.4 Å². The smallest absolute Gasteiger partial charge is 0.191 e. The van der Waals surface area contributed by atoms with Crippen LogP contribution in [0.1, 0.15) is 10.4 Å². The number of thioether (sulfide) groups is 1. The number of carbonyl (C=O) groups excluding carboxylic acids is 1. The summed E-state index contributed by atoms with van der Waals surface area (Å²) in [6.45, 7) is 0. The number of nitrogens with zero attached hydrogens (tertiary/aromatic N) is 3. The van der Waals surface area contributed by atoms with E-state index < -0.39 is 0 Å². The summed E-state index contributed by atoms with van der Waals surface area (Å²) in [6.07, 6.45) is 0. The molecule has 0 bridgehead atoms. The fourth-order valence-electron chi connectivity index (χ4n) is 2.20. The number of phenolic OH excluding ortho intramolecular Hbond substituents is 2. The number of rotatable bonds is 5. The summed E-state index contributed by atoms with van der Waals surface area (Å²) >= 11 is 7.14. The van der Waals surface area contributed by atoms with Gasteiger partial charge in [0.2, 0.25) is 0 Å². The molecule has 128 valence electrons.